The molecule has 106 valence electrons. The Morgan fingerprint density at radius 2 is 2.05 bits per heavy atom. The van der Waals surface area contributed by atoms with E-state index in [1.807, 2.05) is 12.1 Å². The van der Waals surface area contributed by atoms with Gasteiger partial charge in [-0.05, 0) is 19.1 Å². The molecular weight excluding hydrogens is 326 g/mol. The number of fused-ring (bicyclic) bond motifs is 1. The largest absolute Gasteiger partial charge is 1.00 e. The average Bonchev–Trinajstić information content (AvgIpc) is 2.42. The smallest absolute Gasteiger partial charge is 0.378 e. The van der Waals surface area contributed by atoms with Crippen molar-refractivity contribution in [3.05, 3.63) is 30.5 Å². The third-order valence-electron chi connectivity index (χ3n) is 2.62. The van der Waals surface area contributed by atoms with Crippen LogP contribution in [0.15, 0.2) is 30.5 Å². The van der Waals surface area contributed by atoms with E-state index in [0.29, 0.717) is 16.9 Å². The van der Waals surface area contributed by atoms with Gasteiger partial charge in [0.1, 0.15) is 11.7 Å². The van der Waals surface area contributed by atoms with Crippen molar-refractivity contribution < 1.29 is 35.9 Å². The first-order chi connectivity index (χ1) is 9.13. The van der Waals surface area contributed by atoms with Crippen LogP contribution in [0.4, 0.5) is 5.82 Å². The van der Waals surface area contributed by atoms with E-state index < -0.39 is 11.8 Å². The number of nitrogens with zero attached hydrogens (tertiary/aromatic N) is 2. The monoisotopic (exact) mass is 339 g/mol. The van der Waals surface area contributed by atoms with Gasteiger partial charge in [0.25, 0.3) is 11.6 Å². The maximum Gasteiger partial charge on any atom is 0.378 e. The zero-order valence-corrected chi connectivity index (χ0v) is 12.5. The number of rotatable bonds is 4. The Hall–Kier alpha value is -2.02. The number of aromatic nitrogens is 2. The number of carbonyl (C=O) groups is 2. The Kier molecular flexibility index (Phi) is 5.57. The van der Waals surface area contributed by atoms with Gasteiger partial charge in [0.2, 0.25) is 0 Å². The van der Waals surface area contributed by atoms with Crippen LogP contribution in [0.3, 0.4) is 0 Å². The highest BCUT2D eigenvalue weighted by Gasteiger charge is 2.21. The molecule has 0 atom stereocenters. The van der Waals surface area contributed by atoms with Crippen molar-refractivity contribution in [3.8, 4) is 0 Å². The normalized spacial score (nSPS) is 9.85. The summed E-state index contributed by atoms with van der Waals surface area (Å²) in [5.74, 6) is -1.18. The summed E-state index contributed by atoms with van der Waals surface area (Å²) in [5.41, 5.74) is 7.20. The molecule has 2 rings (SSSR count). The SMILES string of the molecule is CCOC(=O)C(=O)C[n+]1c(N)cnc2ccccc21.[Br-]. The van der Waals surface area contributed by atoms with Crippen molar-refractivity contribution in [2.75, 3.05) is 12.3 Å². The number of esters is 1. The van der Waals surface area contributed by atoms with Crippen LogP contribution >= 0.6 is 0 Å². The van der Waals surface area contributed by atoms with E-state index in [0.717, 1.165) is 0 Å². The molecule has 1 aromatic heterocycles. The number of hydrogen-bond donors (Lipinski definition) is 1. The topological polar surface area (TPSA) is 86.2 Å². The van der Waals surface area contributed by atoms with E-state index in [1.165, 1.54) is 6.20 Å². The van der Waals surface area contributed by atoms with Crippen LogP contribution in [0.2, 0.25) is 0 Å². The van der Waals surface area contributed by atoms with Gasteiger partial charge in [-0.25, -0.2) is 14.3 Å². The first-order valence-electron chi connectivity index (χ1n) is 5.86. The number of benzene rings is 1. The molecule has 0 fully saturated rings. The highest BCUT2D eigenvalue weighted by Crippen LogP contribution is 2.07. The molecule has 0 saturated carbocycles. The molecule has 2 aromatic rings. The number of anilines is 1. The van der Waals surface area contributed by atoms with Gasteiger partial charge in [0, 0.05) is 0 Å². The summed E-state index contributed by atoms with van der Waals surface area (Å²) in [7, 11) is 0. The zero-order valence-electron chi connectivity index (χ0n) is 10.9. The standard InChI is InChI=1S/C13H13N3O3.BrH/c1-2-19-13(18)11(17)8-16-10-6-4-3-5-9(10)15-7-12(16)14;/h3-7,14H,2,8H2,1H3;1H. The van der Waals surface area contributed by atoms with E-state index in [1.54, 1.807) is 23.6 Å². The molecule has 0 spiro atoms. The molecule has 0 radical (unpaired) electrons. The van der Waals surface area contributed by atoms with E-state index >= 15 is 0 Å². The van der Waals surface area contributed by atoms with Crippen LogP contribution in [0.1, 0.15) is 6.92 Å². The number of nitrogens with two attached hydrogens (primary N) is 1. The van der Waals surface area contributed by atoms with Crippen LogP contribution in [-0.2, 0) is 20.9 Å². The van der Waals surface area contributed by atoms with Gasteiger partial charge in [-0.15, -0.1) is 0 Å². The van der Waals surface area contributed by atoms with Gasteiger partial charge in [-0.2, -0.15) is 0 Å². The summed E-state index contributed by atoms with van der Waals surface area (Å²) in [4.78, 5) is 27.2. The van der Waals surface area contributed by atoms with Gasteiger partial charge in [0.05, 0.1) is 6.61 Å². The third kappa shape index (κ3) is 3.30. The lowest BCUT2D eigenvalue weighted by Gasteiger charge is -2.05. The van der Waals surface area contributed by atoms with Crippen molar-refractivity contribution in [2.45, 2.75) is 13.5 Å². The first-order valence-corrected chi connectivity index (χ1v) is 5.86. The summed E-state index contributed by atoms with van der Waals surface area (Å²) in [6.45, 7) is 1.66. The number of halogens is 1. The lowest BCUT2D eigenvalue weighted by molar-refractivity contribution is -0.643. The van der Waals surface area contributed by atoms with Gasteiger partial charge in [-0.1, -0.05) is 12.1 Å². The molecule has 1 aromatic carbocycles. The highest BCUT2D eigenvalue weighted by molar-refractivity contribution is 6.33. The lowest BCUT2D eigenvalue weighted by Crippen LogP contribution is -3.00. The Morgan fingerprint density at radius 1 is 1.35 bits per heavy atom. The van der Waals surface area contributed by atoms with Crippen molar-refractivity contribution >= 4 is 28.6 Å². The number of Topliss-reactive ketones (excluding diaryl/α,β-unsaturated/α-hetero) is 1. The van der Waals surface area contributed by atoms with Crippen LogP contribution in [0.5, 0.6) is 0 Å². The maximum atomic E-state index is 11.7. The zero-order chi connectivity index (χ0) is 13.8. The summed E-state index contributed by atoms with van der Waals surface area (Å²) in [6.07, 6.45) is 1.46. The van der Waals surface area contributed by atoms with Crippen LogP contribution < -0.4 is 27.3 Å². The van der Waals surface area contributed by atoms with Crippen LogP contribution in [0.25, 0.3) is 11.0 Å². The molecule has 1 heterocycles. The van der Waals surface area contributed by atoms with E-state index in [4.69, 9.17) is 5.73 Å². The van der Waals surface area contributed by atoms with Gasteiger partial charge >= 0.3 is 5.97 Å². The Morgan fingerprint density at radius 3 is 2.75 bits per heavy atom. The van der Waals surface area contributed by atoms with Crippen molar-refractivity contribution in [1.82, 2.24) is 4.98 Å². The summed E-state index contributed by atoms with van der Waals surface area (Å²) in [5, 5.41) is 0. The molecule has 0 amide bonds. The lowest BCUT2D eigenvalue weighted by atomic mass is 10.2. The van der Waals surface area contributed by atoms with Crippen molar-refractivity contribution in [1.29, 1.82) is 0 Å². The fourth-order valence-corrected chi connectivity index (χ4v) is 1.74. The summed E-state index contributed by atoms with van der Waals surface area (Å²) in [6, 6.07) is 7.25. The number of ketones is 1. The van der Waals surface area contributed by atoms with Gasteiger partial charge in [-0.3, -0.25) is 10.5 Å². The fourth-order valence-electron chi connectivity index (χ4n) is 1.74. The molecule has 0 aliphatic rings. The van der Waals surface area contributed by atoms with E-state index in [-0.39, 0.29) is 30.1 Å². The second-order valence-corrected chi connectivity index (χ2v) is 3.90. The van der Waals surface area contributed by atoms with Crippen molar-refractivity contribution in [3.63, 3.8) is 0 Å². The van der Waals surface area contributed by atoms with Crippen LogP contribution in [-0.4, -0.2) is 23.3 Å². The number of hydrogen-bond acceptors (Lipinski definition) is 5. The summed E-state index contributed by atoms with van der Waals surface area (Å²) >= 11 is 0. The highest BCUT2D eigenvalue weighted by atomic mass is 79.9. The number of nitrogen functional groups attached to an aromatic ring is 1. The minimum Gasteiger partial charge on any atom is -1.00 e. The predicted octanol–water partition coefficient (Wildman–Crippen LogP) is -2.76. The molecule has 0 unspecified atom stereocenters. The first kappa shape index (κ1) is 16.0. The van der Waals surface area contributed by atoms with Crippen molar-refractivity contribution in [2.24, 2.45) is 0 Å². The molecule has 7 heteroatoms. The molecule has 2 N–H and O–H groups in total. The van der Waals surface area contributed by atoms with Gasteiger partial charge < -0.3 is 21.7 Å². The number of para-hydroxylation sites is 2. The third-order valence-corrected chi connectivity index (χ3v) is 2.62. The van der Waals surface area contributed by atoms with E-state index in [9.17, 15) is 9.59 Å². The quantitative estimate of drug-likeness (QED) is 0.370. The molecule has 0 aliphatic carbocycles. The summed E-state index contributed by atoms with van der Waals surface area (Å²) < 4.78 is 6.21. The maximum absolute atomic E-state index is 11.7. The number of ether oxygens (including phenoxy) is 1. The van der Waals surface area contributed by atoms with E-state index in [2.05, 4.69) is 9.72 Å². The Balaban J connectivity index is 0.00000200. The van der Waals surface area contributed by atoms with Gasteiger partial charge in [0.15, 0.2) is 12.1 Å². The Labute approximate surface area is 126 Å². The number of carbonyl (C=O) groups excluding carboxylic acids is 2. The minimum absolute atomic E-state index is 0. The van der Waals surface area contributed by atoms with Crippen LogP contribution in [0, 0.1) is 0 Å². The molecule has 0 aliphatic heterocycles. The second kappa shape index (κ2) is 6.95. The predicted molar refractivity (Wildman–Crippen MR) is 68.0 cm³/mol. The Bertz CT molecular complexity index is 646. The average molecular weight is 340 g/mol. The molecule has 0 saturated heterocycles. The fraction of sp³-hybridized carbons (Fsp3) is 0.231. The second-order valence-electron chi connectivity index (χ2n) is 3.90. The molecule has 20 heavy (non-hydrogen) atoms. The minimum atomic E-state index is -0.852. The molecule has 6 nitrogen and oxygen atoms in total. The molecule has 0 bridgehead atoms. The molecular formula is C13H14BrN3O3.